The Kier molecular flexibility index (Phi) is 6.81. The number of benzene rings is 1. The maximum absolute atomic E-state index is 12.0. The van der Waals surface area contributed by atoms with Crippen molar-refractivity contribution >= 4 is 11.8 Å². The fourth-order valence-corrected chi connectivity index (χ4v) is 1.91. The number of ketones is 1. The van der Waals surface area contributed by atoms with Gasteiger partial charge in [-0.2, -0.15) is 0 Å². The molecule has 0 aliphatic heterocycles. The summed E-state index contributed by atoms with van der Waals surface area (Å²) in [4.78, 5) is 22.4. The van der Waals surface area contributed by atoms with Gasteiger partial charge < -0.3 is 15.6 Å². The fourth-order valence-electron chi connectivity index (χ4n) is 1.91. The van der Waals surface area contributed by atoms with E-state index in [4.69, 9.17) is 10.5 Å². The van der Waals surface area contributed by atoms with E-state index in [0.29, 0.717) is 5.75 Å². The Hall–Kier alpha value is -1.95. The second kappa shape index (κ2) is 8.36. The zero-order chi connectivity index (χ0) is 15.8. The van der Waals surface area contributed by atoms with Crippen LogP contribution in [0, 0.1) is 5.92 Å². The van der Waals surface area contributed by atoms with Crippen LogP contribution in [-0.4, -0.2) is 36.2 Å². The lowest BCUT2D eigenvalue weighted by Crippen LogP contribution is -2.33. The summed E-state index contributed by atoms with van der Waals surface area (Å²) in [6.07, 6.45) is 0.379. The van der Waals surface area contributed by atoms with Crippen LogP contribution in [0.1, 0.15) is 18.9 Å². The fraction of sp³-hybridized carbons (Fsp3) is 0.467. The molecule has 0 spiro atoms. The summed E-state index contributed by atoms with van der Waals surface area (Å²) in [5.41, 5.74) is 6.42. The molecule has 6 heteroatoms. The van der Waals surface area contributed by atoms with Crippen LogP contribution in [0.4, 0.5) is 4.39 Å². The highest BCUT2D eigenvalue weighted by molar-refractivity contribution is 5.82. The molecule has 1 aromatic rings. The molecule has 0 fully saturated rings. The highest BCUT2D eigenvalue weighted by Crippen LogP contribution is 2.18. The minimum atomic E-state index is -0.982. The average molecular weight is 296 g/mol. The van der Waals surface area contributed by atoms with E-state index >= 15 is 0 Å². The van der Waals surface area contributed by atoms with Crippen molar-refractivity contribution in [1.82, 2.24) is 0 Å². The van der Waals surface area contributed by atoms with E-state index in [2.05, 4.69) is 0 Å². The van der Waals surface area contributed by atoms with E-state index < -0.39 is 24.6 Å². The van der Waals surface area contributed by atoms with Gasteiger partial charge in [-0.05, 0) is 37.5 Å². The van der Waals surface area contributed by atoms with Crippen LogP contribution in [0.15, 0.2) is 24.3 Å². The largest absolute Gasteiger partial charge is 0.491 e. The van der Waals surface area contributed by atoms with Crippen molar-refractivity contribution in [1.29, 1.82) is 0 Å². The molecular formula is C15H20FNO4. The first-order chi connectivity index (χ1) is 9.93. The maximum Gasteiger partial charge on any atom is 0.306 e. The van der Waals surface area contributed by atoms with Crippen LogP contribution in [0.3, 0.4) is 0 Å². The van der Waals surface area contributed by atoms with Gasteiger partial charge in [0.15, 0.2) is 0 Å². The number of alkyl halides is 1. The summed E-state index contributed by atoms with van der Waals surface area (Å²) < 4.78 is 17.1. The van der Waals surface area contributed by atoms with Gasteiger partial charge in [-0.25, -0.2) is 4.39 Å². The normalized spacial score (nSPS) is 13.5. The number of aliphatic carboxylic acids is 1. The Labute approximate surface area is 122 Å². The van der Waals surface area contributed by atoms with Crippen LogP contribution in [0.2, 0.25) is 0 Å². The molecule has 2 atom stereocenters. The number of halogens is 1. The molecule has 0 bridgehead atoms. The zero-order valence-corrected chi connectivity index (χ0v) is 11.9. The van der Waals surface area contributed by atoms with E-state index in [1.54, 1.807) is 24.3 Å². The number of carboxylic acids is 1. The molecule has 0 aliphatic carbocycles. The molecule has 5 nitrogen and oxygen atoms in total. The summed E-state index contributed by atoms with van der Waals surface area (Å²) in [5.74, 6) is -1.40. The van der Waals surface area contributed by atoms with Crippen LogP contribution >= 0.6 is 0 Å². The summed E-state index contributed by atoms with van der Waals surface area (Å²) in [7, 11) is 0. The van der Waals surface area contributed by atoms with E-state index in [1.807, 2.05) is 0 Å². The number of rotatable bonds is 9. The molecule has 0 saturated carbocycles. The lowest BCUT2D eigenvalue weighted by molar-refractivity contribution is -0.142. The number of Topliss-reactive ketones (excluding diaryl/α,β-unsaturated/α-hetero) is 1. The molecule has 1 rings (SSSR count). The van der Waals surface area contributed by atoms with Crippen molar-refractivity contribution in [2.75, 3.05) is 13.3 Å². The predicted octanol–water partition coefficient (Wildman–Crippen LogP) is 1.58. The van der Waals surface area contributed by atoms with Gasteiger partial charge in [-0.15, -0.1) is 0 Å². The summed E-state index contributed by atoms with van der Waals surface area (Å²) in [6.45, 7) is 0.775. The Morgan fingerprint density at radius 2 is 1.95 bits per heavy atom. The molecule has 3 N–H and O–H groups in total. The van der Waals surface area contributed by atoms with Crippen molar-refractivity contribution in [3.63, 3.8) is 0 Å². The van der Waals surface area contributed by atoms with E-state index in [1.165, 1.54) is 6.92 Å². The number of carbonyl (C=O) groups is 2. The molecule has 21 heavy (non-hydrogen) atoms. The molecule has 1 aromatic carbocycles. The number of carbonyl (C=O) groups excluding carboxylic acids is 1. The van der Waals surface area contributed by atoms with Crippen molar-refractivity contribution in [2.24, 2.45) is 11.7 Å². The molecule has 0 aliphatic rings. The number of carboxylic acid groups (broad SMARTS) is 1. The first-order valence-corrected chi connectivity index (χ1v) is 6.70. The van der Waals surface area contributed by atoms with Crippen LogP contribution < -0.4 is 10.5 Å². The number of hydrogen-bond donors (Lipinski definition) is 2. The molecular weight excluding hydrogens is 276 g/mol. The molecule has 2 unspecified atom stereocenters. The van der Waals surface area contributed by atoms with Gasteiger partial charge in [-0.1, -0.05) is 12.1 Å². The third-order valence-corrected chi connectivity index (χ3v) is 3.16. The first kappa shape index (κ1) is 17.1. The van der Waals surface area contributed by atoms with Gasteiger partial charge in [0.25, 0.3) is 0 Å². The summed E-state index contributed by atoms with van der Waals surface area (Å²) in [5, 5.41) is 9.20. The van der Waals surface area contributed by atoms with Crippen LogP contribution in [0.25, 0.3) is 0 Å². The average Bonchev–Trinajstić information content (AvgIpc) is 2.45. The zero-order valence-electron chi connectivity index (χ0n) is 11.9. The molecule has 0 radical (unpaired) electrons. The van der Waals surface area contributed by atoms with Crippen molar-refractivity contribution in [3.8, 4) is 5.75 Å². The predicted molar refractivity (Wildman–Crippen MR) is 76.0 cm³/mol. The number of nitrogens with two attached hydrogens (primary N) is 1. The second-order valence-electron chi connectivity index (χ2n) is 4.87. The van der Waals surface area contributed by atoms with Gasteiger partial charge >= 0.3 is 5.97 Å². The monoisotopic (exact) mass is 296 g/mol. The third-order valence-electron chi connectivity index (χ3n) is 3.16. The minimum Gasteiger partial charge on any atom is -0.491 e. The third kappa shape index (κ3) is 5.91. The van der Waals surface area contributed by atoms with E-state index in [0.717, 1.165) is 5.56 Å². The summed E-state index contributed by atoms with van der Waals surface area (Å²) >= 11 is 0. The SMILES string of the molecule is CC(=O)C(N)CC(Cc1ccc(OCC[18F])cc1)C(=O)O. The molecule has 0 amide bonds. The smallest absolute Gasteiger partial charge is 0.306 e. The minimum absolute atomic E-state index is 0.00936. The lowest BCUT2D eigenvalue weighted by Gasteiger charge is -2.16. The van der Waals surface area contributed by atoms with Crippen LogP contribution in [-0.2, 0) is 16.0 Å². The number of ether oxygens (including phenoxy) is 1. The van der Waals surface area contributed by atoms with Gasteiger partial charge in [-0.3, -0.25) is 9.59 Å². The topological polar surface area (TPSA) is 89.6 Å². The van der Waals surface area contributed by atoms with Gasteiger partial charge in [0.1, 0.15) is 24.8 Å². The second-order valence-corrected chi connectivity index (χ2v) is 4.87. The standard InChI is InChI=1S/C15H20FNO4/c1-10(18)14(17)9-12(15(19)20)8-11-2-4-13(5-3-11)21-7-6-16/h2-5,12,14H,6-9,17H2,1H3,(H,19,20)/i16-1. The summed E-state index contributed by atoms with van der Waals surface area (Å²) in [6, 6.07) is 6.01. The van der Waals surface area contributed by atoms with Crippen molar-refractivity contribution < 1.29 is 23.8 Å². The Morgan fingerprint density at radius 1 is 1.33 bits per heavy atom. The highest BCUT2D eigenvalue weighted by Gasteiger charge is 2.23. The number of hydrogen-bond acceptors (Lipinski definition) is 4. The molecule has 0 saturated heterocycles. The van der Waals surface area contributed by atoms with E-state index in [9.17, 15) is 19.1 Å². The van der Waals surface area contributed by atoms with Crippen molar-refractivity contribution in [2.45, 2.75) is 25.8 Å². The van der Waals surface area contributed by atoms with Gasteiger partial charge in [0, 0.05) is 0 Å². The molecule has 0 heterocycles. The lowest BCUT2D eigenvalue weighted by atomic mass is 9.92. The van der Waals surface area contributed by atoms with Crippen molar-refractivity contribution in [3.05, 3.63) is 29.8 Å². The Balaban J connectivity index is 2.66. The quantitative estimate of drug-likeness (QED) is 0.722. The first-order valence-electron chi connectivity index (χ1n) is 6.70. The maximum atomic E-state index is 12.0. The Bertz CT molecular complexity index is 475. The highest BCUT2D eigenvalue weighted by atomic mass is 18.2. The Morgan fingerprint density at radius 3 is 2.43 bits per heavy atom. The van der Waals surface area contributed by atoms with E-state index in [-0.39, 0.29) is 25.2 Å². The molecule has 116 valence electrons. The van der Waals surface area contributed by atoms with Gasteiger partial charge in [0.05, 0.1) is 12.0 Å². The van der Waals surface area contributed by atoms with Gasteiger partial charge in [0.2, 0.25) is 0 Å². The van der Waals surface area contributed by atoms with Crippen LogP contribution in [0.5, 0.6) is 5.75 Å². The molecule has 0 aromatic heterocycles.